The van der Waals surface area contributed by atoms with E-state index in [0.717, 1.165) is 16.5 Å². The normalized spacial score (nSPS) is 21.0. The van der Waals surface area contributed by atoms with Gasteiger partial charge in [0.2, 0.25) is 0 Å². The lowest BCUT2D eigenvalue weighted by atomic mass is 10.1. The minimum absolute atomic E-state index is 0.537. The molecule has 1 atom stereocenters. The second-order valence-electron chi connectivity index (χ2n) is 4.74. The molecule has 1 heterocycles. The molecular weight excluding hydrogens is 242 g/mol. The van der Waals surface area contributed by atoms with E-state index in [0.29, 0.717) is 24.1 Å². The first kappa shape index (κ1) is 13.0. The third kappa shape index (κ3) is 3.27. The van der Waals surface area contributed by atoms with Crippen molar-refractivity contribution in [1.82, 2.24) is 5.32 Å². The van der Waals surface area contributed by atoms with Gasteiger partial charge in [-0.2, -0.15) is 5.26 Å². The van der Waals surface area contributed by atoms with Crippen LogP contribution in [0.1, 0.15) is 25.0 Å². The molecule has 1 unspecified atom stereocenters. The van der Waals surface area contributed by atoms with Gasteiger partial charge in [-0.3, -0.25) is 4.99 Å². The molecule has 0 amide bonds. The predicted octanol–water partition coefficient (Wildman–Crippen LogP) is 2.78. The molecule has 2 rings (SSSR count). The molecule has 4 heteroatoms. The fraction of sp³-hybridized carbons (Fsp3) is 0.429. The third-order valence-electron chi connectivity index (χ3n) is 3.00. The smallest absolute Gasteiger partial charge is 0.157 e. The zero-order valence-corrected chi connectivity index (χ0v) is 11.5. The maximum absolute atomic E-state index is 8.72. The summed E-state index contributed by atoms with van der Waals surface area (Å²) in [7, 11) is 0. The lowest BCUT2D eigenvalue weighted by Gasteiger charge is -2.13. The second kappa shape index (κ2) is 5.92. The number of nitriles is 1. The zero-order valence-electron chi connectivity index (χ0n) is 10.7. The van der Waals surface area contributed by atoms with Crippen LogP contribution in [0.25, 0.3) is 0 Å². The molecule has 0 spiro atoms. The van der Waals surface area contributed by atoms with Gasteiger partial charge in [-0.25, -0.2) is 0 Å². The van der Waals surface area contributed by atoms with Gasteiger partial charge in [-0.1, -0.05) is 37.7 Å². The van der Waals surface area contributed by atoms with Gasteiger partial charge >= 0.3 is 0 Å². The average molecular weight is 259 g/mol. The minimum atomic E-state index is 0.537. The number of hydrogen-bond acceptors (Lipinski definition) is 3. The average Bonchev–Trinajstić information content (AvgIpc) is 2.86. The van der Waals surface area contributed by atoms with Crippen LogP contribution in [0.5, 0.6) is 0 Å². The van der Waals surface area contributed by atoms with Crippen LogP contribution in [0.2, 0.25) is 0 Å². The molecule has 1 aromatic carbocycles. The number of nitrogens with zero attached hydrogens (tertiary/aromatic N) is 2. The van der Waals surface area contributed by atoms with E-state index in [9.17, 15) is 0 Å². The summed E-state index contributed by atoms with van der Waals surface area (Å²) in [6.45, 7) is 5.12. The molecule has 0 saturated carbocycles. The van der Waals surface area contributed by atoms with Gasteiger partial charge in [0.25, 0.3) is 0 Å². The Bertz CT molecular complexity index is 471. The largest absolute Gasteiger partial charge is 0.361 e. The van der Waals surface area contributed by atoms with E-state index in [-0.39, 0.29) is 0 Å². The first-order valence-corrected chi connectivity index (χ1v) is 7.10. The third-order valence-corrected chi connectivity index (χ3v) is 4.05. The van der Waals surface area contributed by atoms with Crippen LogP contribution in [0.3, 0.4) is 0 Å². The lowest BCUT2D eigenvalue weighted by Crippen LogP contribution is -2.31. The first-order valence-electron chi connectivity index (χ1n) is 6.12. The Morgan fingerprint density at radius 2 is 2.17 bits per heavy atom. The zero-order chi connectivity index (χ0) is 13.0. The highest BCUT2D eigenvalue weighted by atomic mass is 32.2. The number of benzene rings is 1. The van der Waals surface area contributed by atoms with E-state index < -0.39 is 0 Å². The Morgan fingerprint density at radius 3 is 2.72 bits per heavy atom. The molecule has 1 saturated heterocycles. The summed E-state index contributed by atoms with van der Waals surface area (Å²) in [5.41, 5.74) is 1.83. The lowest BCUT2D eigenvalue weighted by molar-refractivity contribution is 0.503. The van der Waals surface area contributed by atoms with Crippen LogP contribution in [-0.4, -0.2) is 17.0 Å². The second-order valence-corrected chi connectivity index (χ2v) is 5.74. The van der Waals surface area contributed by atoms with Crippen LogP contribution in [0, 0.1) is 17.2 Å². The topological polar surface area (TPSA) is 48.2 Å². The quantitative estimate of drug-likeness (QED) is 0.908. The fourth-order valence-electron chi connectivity index (χ4n) is 1.71. The minimum Gasteiger partial charge on any atom is -0.361 e. The number of aliphatic imine (C=N–C) groups is 1. The number of nitrogens with one attached hydrogen (secondary N) is 1. The van der Waals surface area contributed by atoms with Crippen molar-refractivity contribution in [3.05, 3.63) is 35.4 Å². The van der Waals surface area contributed by atoms with Gasteiger partial charge in [0, 0.05) is 11.8 Å². The van der Waals surface area contributed by atoms with Gasteiger partial charge < -0.3 is 5.32 Å². The molecule has 1 aliphatic heterocycles. The van der Waals surface area contributed by atoms with E-state index in [2.05, 4.69) is 30.2 Å². The van der Waals surface area contributed by atoms with Crippen molar-refractivity contribution in [3.8, 4) is 6.07 Å². The number of thioether (sulfide) groups is 1. The van der Waals surface area contributed by atoms with Crippen LogP contribution in [0.4, 0.5) is 0 Å². The van der Waals surface area contributed by atoms with E-state index in [1.807, 2.05) is 24.3 Å². The van der Waals surface area contributed by atoms with Crippen LogP contribution >= 0.6 is 11.8 Å². The highest BCUT2D eigenvalue weighted by Crippen LogP contribution is 2.19. The molecule has 0 aromatic heterocycles. The van der Waals surface area contributed by atoms with E-state index in [4.69, 9.17) is 5.26 Å². The summed E-state index contributed by atoms with van der Waals surface area (Å²) < 4.78 is 0. The molecular formula is C14H17N3S. The SMILES string of the molecule is CC(C)C1CSC(=NCc2ccc(C#N)cc2)N1. The van der Waals surface area contributed by atoms with Gasteiger partial charge in [-0.05, 0) is 23.6 Å². The van der Waals surface area contributed by atoms with Crippen LogP contribution in [-0.2, 0) is 6.54 Å². The molecule has 3 nitrogen and oxygen atoms in total. The number of hydrogen-bond donors (Lipinski definition) is 1. The van der Waals surface area contributed by atoms with Crippen molar-refractivity contribution < 1.29 is 0 Å². The molecule has 1 aromatic rings. The Labute approximate surface area is 112 Å². The Kier molecular flexibility index (Phi) is 4.27. The van der Waals surface area contributed by atoms with Gasteiger partial charge in [0.1, 0.15) is 0 Å². The van der Waals surface area contributed by atoms with Crippen molar-refractivity contribution in [2.45, 2.75) is 26.4 Å². The maximum atomic E-state index is 8.72. The highest BCUT2D eigenvalue weighted by Gasteiger charge is 2.22. The fourth-order valence-corrected chi connectivity index (χ4v) is 2.91. The van der Waals surface area contributed by atoms with Gasteiger partial charge in [0.15, 0.2) is 5.17 Å². The Hall–Kier alpha value is -1.47. The Balaban J connectivity index is 1.93. The molecule has 0 aliphatic carbocycles. The first-order chi connectivity index (χ1) is 8.69. The van der Waals surface area contributed by atoms with Crippen molar-refractivity contribution in [2.24, 2.45) is 10.9 Å². The number of amidine groups is 1. The standard InChI is InChI=1S/C14H17N3S/c1-10(2)13-9-18-14(17-13)16-8-12-5-3-11(7-15)4-6-12/h3-6,10,13H,8-9H2,1-2H3,(H,16,17). The highest BCUT2D eigenvalue weighted by molar-refractivity contribution is 8.14. The molecule has 0 bridgehead atoms. The van der Waals surface area contributed by atoms with Crippen molar-refractivity contribution >= 4 is 16.9 Å². The number of rotatable bonds is 3. The predicted molar refractivity (Wildman–Crippen MR) is 76.5 cm³/mol. The molecule has 0 radical (unpaired) electrons. The molecule has 1 N–H and O–H groups in total. The summed E-state index contributed by atoms with van der Waals surface area (Å²) in [5, 5.41) is 13.2. The Morgan fingerprint density at radius 1 is 1.44 bits per heavy atom. The molecule has 18 heavy (non-hydrogen) atoms. The van der Waals surface area contributed by atoms with Crippen LogP contribution in [0.15, 0.2) is 29.3 Å². The van der Waals surface area contributed by atoms with Crippen LogP contribution < -0.4 is 5.32 Å². The van der Waals surface area contributed by atoms with Gasteiger partial charge in [0.05, 0.1) is 18.2 Å². The van der Waals surface area contributed by atoms with Crippen molar-refractivity contribution in [3.63, 3.8) is 0 Å². The summed E-state index contributed by atoms with van der Waals surface area (Å²) in [4.78, 5) is 4.57. The summed E-state index contributed by atoms with van der Waals surface area (Å²) >= 11 is 1.79. The van der Waals surface area contributed by atoms with Gasteiger partial charge in [-0.15, -0.1) is 0 Å². The van der Waals surface area contributed by atoms with Crippen molar-refractivity contribution in [2.75, 3.05) is 5.75 Å². The van der Waals surface area contributed by atoms with E-state index >= 15 is 0 Å². The molecule has 1 aliphatic rings. The molecule has 1 fully saturated rings. The maximum Gasteiger partial charge on any atom is 0.157 e. The summed E-state index contributed by atoms with van der Waals surface area (Å²) in [6.07, 6.45) is 0. The summed E-state index contributed by atoms with van der Waals surface area (Å²) in [5.74, 6) is 1.74. The van der Waals surface area contributed by atoms with E-state index in [1.54, 1.807) is 11.8 Å². The van der Waals surface area contributed by atoms with Crippen molar-refractivity contribution in [1.29, 1.82) is 5.26 Å². The monoisotopic (exact) mass is 259 g/mol. The molecule has 94 valence electrons. The van der Waals surface area contributed by atoms with E-state index in [1.165, 1.54) is 0 Å². The summed E-state index contributed by atoms with van der Waals surface area (Å²) in [6, 6.07) is 10.2.